The zero-order chi connectivity index (χ0) is 16.4. The van der Waals surface area contributed by atoms with Crippen molar-refractivity contribution in [2.24, 2.45) is 0 Å². The number of ether oxygens (including phenoxy) is 2. The number of amides is 1. The summed E-state index contributed by atoms with van der Waals surface area (Å²) in [6.45, 7) is 9.64. The van der Waals surface area contributed by atoms with E-state index in [0.717, 1.165) is 23.4 Å². The smallest absolute Gasteiger partial charge is 0.238 e. The average molecular weight is 308 g/mol. The van der Waals surface area contributed by atoms with Crippen LogP contribution in [-0.2, 0) is 14.3 Å². The number of rotatable bonds is 10. The molecule has 124 valence electrons. The van der Waals surface area contributed by atoms with Crippen molar-refractivity contribution in [2.45, 2.75) is 20.8 Å². The molecule has 1 aromatic rings. The Morgan fingerprint density at radius 1 is 1.18 bits per heavy atom. The topological polar surface area (TPSA) is 50.8 Å². The molecule has 0 aliphatic heterocycles. The van der Waals surface area contributed by atoms with Crippen molar-refractivity contribution in [1.82, 2.24) is 4.90 Å². The first-order valence-electron chi connectivity index (χ1n) is 7.73. The molecular formula is C17H28N2O3. The zero-order valence-corrected chi connectivity index (χ0v) is 14.1. The molecule has 5 nitrogen and oxygen atoms in total. The molecule has 0 spiro atoms. The van der Waals surface area contributed by atoms with Gasteiger partial charge in [-0.15, -0.1) is 0 Å². The summed E-state index contributed by atoms with van der Waals surface area (Å²) in [7, 11) is 1.66. The van der Waals surface area contributed by atoms with Gasteiger partial charge in [-0.3, -0.25) is 9.69 Å². The number of carbonyl (C=O) groups excluding carboxylic acids is 1. The van der Waals surface area contributed by atoms with Gasteiger partial charge in [0.2, 0.25) is 5.91 Å². The van der Waals surface area contributed by atoms with Gasteiger partial charge in [0, 0.05) is 32.5 Å². The lowest BCUT2D eigenvalue weighted by atomic mass is 10.1. The Morgan fingerprint density at radius 2 is 1.82 bits per heavy atom. The summed E-state index contributed by atoms with van der Waals surface area (Å²) in [5.41, 5.74) is 3.06. The van der Waals surface area contributed by atoms with Crippen LogP contribution in [0.1, 0.15) is 18.1 Å². The second-order valence-corrected chi connectivity index (χ2v) is 5.28. The number of para-hydroxylation sites is 1. The molecule has 0 aliphatic rings. The summed E-state index contributed by atoms with van der Waals surface area (Å²) < 4.78 is 10.5. The number of carbonyl (C=O) groups is 1. The fourth-order valence-corrected chi connectivity index (χ4v) is 2.22. The van der Waals surface area contributed by atoms with E-state index in [2.05, 4.69) is 5.32 Å². The van der Waals surface area contributed by atoms with Gasteiger partial charge >= 0.3 is 0 Å². The Kier molecular flexibility index (Phi) is 8.74. The number of anilines is 1. The second-order valence-electron chi connectivity index (χ2n) is 5.28. The molecular weight excluding hydrogens is 280 g/mol. The molecule has 0 fully saturated rings. The van der Waals surface area contributed by atoms with Crippen LogP contribution in [0.3, 0.4) is 0 Å². The standard InChI is InChI=1S/C17H28N2O3/c1-5-22-12-10-19(9-11-21-4)13-16(20)18-17-14(2)7-6-8-15(17)3/h6-8H,5,9-13H2,1-4H3,(H,18,20). The monoisotopic (exact) mass is 308 g/mol. The first-order valence-corrected chi connectivity index (χ1v) is 7.73. The predicted molar refractivity (Wildman–Crippen MR) is 89.4 cm³/mol. The minimum Gasteiger partial charge on any atom is -0.383 e. The molecule has 0 aliphatic carbocycles. The van der Waals surface area contributed by atoms with E-state index in [1.165, 1.54) is 0 Å². The van der Waals surface area contributed by atoms with Gasteiger partial charge in [0.1, 0.15) is 0 Å². The van der Waals surface area contributed by atoms with E-state index >= 15 is 0 Å². The highest BCUT2D eigenvalue weighted by atomic mass is 16.5. The van der Waals surface area contributed by atoms with Gasteiger partial charge < -0.3 is 14.8 Å². The lowest BCUT2D eigenvalue weighted by Gasteiger charge is -2.22. The molecule has 0 saturated carbocycles. The van der Waals surface area contributed by atoms with Crippen LogP contribution in [0, 0.1) is 13.8 Å². The molecule has 0 radical (unpaired) electrons. The van der Waals surface area contributed by atoms with E-state index in [9.17, 15) is 4.79 Å². The molecule has 5 heteroatoms. The van der Waals surface area contributed by atoms with E-state index in [1.54, 1.807) is 7.11 Å². The van der Waals surface area contributed by atoms with Crippen molar-refractivity contribution >= 4 is 11.6 Å². The van der Waals surface area contributed by atoms with E-state index in [1.807, 2.05) is 43.9 Å². The van der Waals surface area contributed by atoms with Crippen LogP contribution in [0.25, 0.3) is 0 Å². The fraction of sp³-hybridized carbons (Fsp3) is 0.588. The molecule has 1 amide bonds. The van der Waals surface area contributed by atoms with Crippen LogP contribution in [-0.4, -0.2) is 57.4 Å². The number of nitrogens with zero attached hydrogens (tertiary/aromatic N) is 1. The minimum atomic E-state index is -0.00926. The van der Waals surface area contributed by atoms with Crippen LogP contribution < -0.4 is 5.32 Å². The molecule has 0 aromatic heterocycles. The van der Waals surface area contributed by atoms with Crippen molar-refractivity contribution < 1.29 is 14.3 Å². The van der Waals surface area contributed by atoms with Crippen molar-refractivity contribution in [2.75, 3.05) is 51.9 Å². The lowest BCUT2D eigenvalue weighted by Crippen LogP contribution is -2.37. The molecule has 1 aromatic carbocycles. The van der Waals surface area contributed by atoms with Gasteiger partial charge in [-0.05, 0) is 31.9 Å². The maximum atomic E-state index is 12.3. The van der Waals surface area contributed by atoms with Crippen LogP contribution in [0.15, 0.2) is 18.2 Å². The first kappa shape index (κ1) is 18.6. The van der Waals surface area contributed by atoms with Gasteiger partial charge in [0.15, 0.2) is 0 Å². The average Bonchev–Trinajstić information content (AvgIpc) is 2.48. The van der Waals surface area contributed by atoms with Crippen molar-refractivity contribution in [1.29, 1.82) is 0 Å². The quantitative estimate of drug-likeness (QED) is 0.674. The highest BCUT2D eigenvalue weighted by molar-refractivity contribution is 5.93. The Labute approximate surface area is 133 Å². The van der Waals surface area contributed by atoms with Gasteiger partial charge in [-0.25, -0.2) is 0 Å². The number of nitrogens with one attached hydrogen (secondary N) is 1. The van der Waals surface area contributed by atoms with Gasteiger partial charge in [0.05, 0.1) is 19.8 Å². The first-order chi connectivity index (χ1) is 10.6. The van der Waals surface area contributed by atoms with E-state index in [4.69, 9.17) is 9.47 Å². The minimum absolute atomic E-state index is 0.00926. The normalized spacial score (nSPS) is 11.0. The number of methoxy groups -OCH3 is 1. The zero-order valence-electron chi connectivity index (χ0n) is 14.1. The Bertz CT molecular complexity index is 443. The van der Waals surface area contributed by atoms with Gasteiger partial charge in [0.25, 0.3) is 0 Å². The van der Waals surface area contributed by atoms with E-state index < -0.39 is 0 Å². The van der Waals surface area contributed by atoms with Crippen LogP contribution in [0.5, 0.6) is 0 Å². The molecule has 1 N–H and O–H groups in total. The molecule has 0 bridgehead atoms. The van der Waals surface area contributed by atoms with Gasteiger partial charge in [-0.2, -0.15) is 0 Å². The predicted octanol–water partition coefficient (Wildman–Crippen LogP) is 2.23. The van der Waals surface area contributed by atoms with Crippen molar-refractivity contribution in [3.05, 3.63) is 29.3 Å². The largest absolute Gasteiger partial charge is 0.383 e. The summed E-state index contributed by atoms with van der Waals surface area (Å²) in [5, 5.41) is 3.01. The van der Waals surface area contributed by atoms with Crippen molar-refractivity contribution in [3.63, 3.8) is 0 Å². The number of aryl methyl sites for hydroxylation is 2. The number of benzene rings is 1. The SMILES string of the molecule is CCOCCN(CCOC)CC(=O)Nc1c(C)cccc1C. The maximum Gasteiger partial charge on any atom is 0.238 e. The second kappa shape index (κ2) is 10.3. The third-order valence-electron chi connectivity index (χ3n) is 3.48. The molecule has 22 heavy (non-hydrogen) atoms. The Balaban J connectivity index is 2.57. The molecule has 1 rings (SSSR count). The third-order valence-corrected chi connectivity index (χ3v) is 3.48. The van der Waals surface area contributed by atoms with Crippen LogP contribution in [0.2, 0.25) is 0 Å². The summed E-state index contributed by atoms with van der Waals surface area (Å²) in [6, 6.07) is 5.99. The molecule has 0 saturated heterocycles. The van der Waals surface area contributed by atoms with Crippen LogP contribution in [0.4, 0.5) is 5.69 Å². The summed E-state index contributed by atoms with van der Waals surface area (Å²) in [4.78, 5) is 14.3. The Hall–Kier alpha value is -1.43. The van der Waals surface area contributed by atoms with Gasteiger partial charge in [-0.1, -0.05) is 18.2 Å². The van der Waals surface area contributed by atoms with E-state index in [-0.39, 0.29) is 5.91 Å². The molecule has 0 atom stereocenters. The van der Waals surface area contributed by atoms with Crippen molar-refractivity contribution in [3.8, 4) is 0 Å². The summed E-state index contributed by atoms with van der Waals surface area (Å²) in [6.07, 6.45) is 0. The molecule has 0 unspecified atom stereocenters. The lowest BCUT2D eigenvalue weighted by molar-refractivity contribution is -0.117. The Morgan fingerprint density at radius 3 is 2.41 bits per heavy atom. The van der Waals surface area contributed by atoms with Crippen LogP contribution >= 0.6 is 0 Å². The third kappa shape index (κ3) is 6.56. The van der Waals surface area contributed by atoms with E-state index in [0.29, 0.717) is 32.9 Å². The number of hydrogen-bond acceptors (Lipinski definition) is 4. The fourth-order valence-electron chi connectivity index (χ4n) is 2.22. The number of hydrogen-bond donors (Lipinski definition) is 1. The molecule has 0 heterocycles. The highest BCUT2D eigenvalue weighted by Gasteiger charge is 2.12. The maximum absolute atomic E-state index is 12.3. The highest BCUT2D eigenvalue weighted by Crippen LogP contribution is 2.19. The summed E-state index contributed by atoms with van der Waals surface area (Å²) in [5.74, 6) is -0.00926. The summed E-state index contributed by atoms with van der Waals surface area (Å²) >= 11 is 0.